The molecule has 0 saturated heterocycles. The highest BCUT2D eigenvalue weighted by atomic mass is 16.3. The molecule has 0 aliphatic rings. The molecule has 322 valence electrons. The van der Waals surface area contributed by atoms with Gasteiger partial charge < -0.3 is 18.6 Å². The van der Waals surface area contributed by atoms with Gasteiger partial charge in [-0.2, -0.15) is 0 Å². The minimum Gasteiger partial charge on any atom is -0.454 e. The normalized spacial score (nSPS) is 12.2. The van der Waals surface area contributed by atoms with Crippen molar-refractivity contribution in [3.05, 3.63) is 191 Å². The van der Waals surface area contributed by atoms with E-state index in [2.05, 4.69) is 223 Å². The van der Waals surface area contributed by atoms with E-state index in [1.165, 1.54) is 65.7 Å². The lowest BCUT2D eigenvalue weighted by Crippen LogP contribution is -2.14. The van der Waals surface area contributed by atoms with Crippen LogP contribution in [0.25, 0.3) is 76.2 Å². The highest BCUT2D eigenvalue weighted by molar-refractivity contribution is 6.30. The fourth-order valence-electron chi connectivity index (χ4n) is 10.9. The van der Waals surface area contributed by atoms with Crippen LogP contribution in [0, 0.1) is 27.7 Å². The van der Waals surface area contributed by atoms with Gasteiger partial charge >= 0.3 is 0 Å². The van der Waals surface area contributed by atoms with E-state index < -0.39 is 0 Å². The molecular weight excluding hydrogens is 805 g/mol. The molecule has 12 aromatic rings. The van der Waals surface area contributed by atoms with Crippen LogP contribution < -0.4 is 9.80 Å². The van der Waals surface area contributed by atoms with Gasteiger partial charge in [-0.3, -0.25) is 0 Å². The number of fused-ring (bicyclic) bond motifs is 6. The second kappa shape index (κ2) is 15.0. The number of furan rings is 2. The number of hydrogen-bond donors (Lipinski definition) is 0. The zero-order valence-corrected chi connectivity index (χ0v) is 38.9. The summed E-state index contributed by atoms with van der Waals surface area (Å²) in [6.07, 6.45) is 0. The Kier molecular flexibility index (Phi) is 9.09. The summed E-state index contributed by atoms with van der Waals surface area (Å²) in [6.45, 7) is 18.2. The molecule has 4 heteroatoms. The molecule has 0 unspecified atom stereocenters. The molecule has 0 fully saturated rings. The SMILES string of the molecule is Cc1ccc(C)c(N(c2cc(C(C)C)c3ccc4c(N(c5cc(C)ccc5C)c5cccc6c5oc5ccccc56)cc(C(C)C)c5ccc2c3c54)c2cccc3c2oc2ccccc23)c1. The van der Waals surface area contributed by atoms with Gasteiger partial charge in [-0.05, 0) is 143 Å². The number of benzene rings is 10. The molecule has 0 radical (unpaired) electrons. The van der Waals surface area contributed by atoms with Crippen molar-refractivity contribution >= 4 is 110 Å². The van der Waals surface area contributed by atoms with Gasteiger partial charge in [0.1, 0.15) is 11.2 Å². The maximum Gasteiger partial charge on any atom is 0.159 e. The third-order valence-corrected chi connectivity index (χ3v) is 14.1. The van der Waals surface area contributed by atoms with E-state index >= 15 is 0 Å². The Morgan fingerprint density at radius 2 is 0.727 bits per heavy atom. The lowest BCUT2D eigenvalue weighted by molar-refractivity contribution is 0.668. The molecule has 2 aromatic heterocycles. The van der Waals surface area contributed by atoms with Crippen molar-refractivity contribution in [1.82, 2.24) is 0 Å². The quantitative estimate of drug-likeness (QED) is 0.143. The van der Waals surface area contributed by atoms with Crippen molar-refractivity contribution in [2.45, 2.75) is 67.2 Å². The average molecular weight is 857 g/mol. The van der Waals surface area contributed by atoms with Gasteiger partial charge in [0.25, 0.3) is 0 Å². The topological polar surface area (TPSA) is 32.8 Å². The van der Waals surface area contributed by atoms with Crippen LogP contribution >= 0.6 is 0 Å². The Hall–Kier alpha value is -7.56. The van der Waals surface area contributed by atoms with Crippen molar-refractivity contribution in [2.75, 3.05) is 9.80 Å². The standard InChI is InChI=1S/C62H52N2O2/c1-35(2)49-33-55(63(53-31-37(5)23-25-39(53)7)51-19-13-17-45-41-15-9-11-21-57(41)65-61(45)51)47-30-28-44-50(36(3)4)34-56(48-29-27-43(49)59(47)60(44)48)64(54-32-38(6)24-26-40(54)8)52-20-14-18-46-42-16-10-12-22-58(42)66-62(46)52/h9-36H,1-8H3. The Morgan fingerprint density at radius 1 is 0.333 bits per heavy atom. The van der Waals surface area contributed by atoms with Crippen LogP contribution in [0.2, 0.25) is 0 Å². The van der Waals surface area contributed by atoms with E-state index in [1.54, 1.807) is 0 Å². The first-order chi connectivity index (χ1) is 32.0. The molecular formula is C62H52N2O2. The third-order valence-electron chi connectivity index (χ3n) is 14.1. The van der Waals surface area contributed by atoms with Crippen molar-refractivity contribution < 1.29 is 8.83 Å². The monoisotopic (exact) mass is 856 g/mol. The highest BCUT2D eigenvalue weighted by Crippen LogP contribution is 2.53. The first-order valence-corrected chi connectivity index (χ1v) is 23.4. The second-order valence-corrected chi connectivity index (χ2v) is 19.1. The van der Waals surface area contributed by atoms with E-state index in [-0.39, 0.29) is 11.8 Å². The molecule has 4 nitrogen and oxygen atoms in total. The minimum absolute atomic E-state index is 0.247. The first-order valence-electron chi connectivity index (χ1n) is 23.4. The fourth-order valence-corrected chi connectivity index (χ4v) is 10.9. The Balaban J connectivity index is 1.23. The smallest absolute Gasteiger partial charge is 0.159 e. The van der Waals surface area contributed by atoms with Gasteiger partial charge in [0.15, 0.2) is 11.2 Å². The summed E-state index contributed by atoms with van der Waals surface area (Å²) in [4.78, 5) is 4.97. The van der Waals surface area contributed by atoms with E-state index in [4.69, 9.17) is 8.83 Å². The first kappa shape index (κ1) is 40.0. The molecule has 0 saturated carbocycles. The van der Waals surface area contributed by atoms with Gasteiger partial charge in [0, 0.05) is 43.7 Å². The molecule has 0 amide bonds. The van der Waals surface area contributed by atoms with Crippen LogP contribution in [0.1, 0.15) is 72.9 Å². The van der Waals surface area contributed by atoms with E-state index in [1.807, 2.05) is 0 Å². The maximum atomic E-state index is 6.86. The highest BCUT2D eigenvalue weighted by Gasteiger charge is 2.29. The molecule has 12 rings (SSSR count). The van der Waals surface area contributed by atoms with Crippen molar-refractivity contribution in [2.24, 2.45) is 0 Å². The Bertz CT molecular complexity index is 3650. The number of para-hydroxylation sites is 4. The largest absolute Gasteiger partial charge is 0.454 e. The van der Waals surface area contributed by atoms with Crippen molar-refractivity contribution in [3.63, 3.8) is 0 Å². The number of hydrogen-bond acceptors (Lipinski definition) is 4. The zero-order valence-electron chi connectivity index (χ0n) is 38.9. The average Bonchev–Trinajstić information content (AvgIpc) is 3.90. The number of rotatable bonds is 8. The van der Waals surface area contributed by atoms with Crippen LogP contribution in [-0.2, 0) is 0 Å². The summed E-state index contributed by atoms with van der Waals surface area (Å²) in [5.74, 6) is 0.494. The number of aryl methyl sites for hydroxylation is 4. The molecule has 0 N–H and O–H groups in total. The zero-order chi connectivity index (χ0) is 45.1. The minimum atomic E-state index is 0.247. The summed E-state index contributed by atoms with van der Waals surface area (Å²) in [7, 11) is 0. The van der Waals surface area contributed by atoms with Gasteiger partial charge in [0.2, 0.25) is 0 Å². The molecule has 0 spiro atoms. The molecule has 2 heterocycles. The van der Waals surface area contributed by atoms with Gasteiger partial charge in [-0.25, -0.2) is 0 Å². The fraction of sp³-hybridized carbons (Fsp3) is 0.161. The van der Waals surface area contributed by atoms with Crippen LogP contribution in [0.5, 0.6) is 0 Å². The van der Waals surface area contributed by atoms with Crippen LogP contribution in [-0.4, -0.2) is 0 Å². The summed E-state index contributed by atoms with van der Waals surface area (Å²) >= 11 is 0. The predicted molar refractivity (Wildman–Crippen MR) is 281 cm³/mol. The molecule has 0 aliphatic heterocycles. The van der Waals surface area contributed by atoms with E-state index in [0.717, 1.165) is 78.0 Å². The van der Waals surface area contributed by atoms with Crippen LogP contribution in [0.3, 0.4) is 0 Å². The summed E-state index contributed by atoms with van der Waals surface area (Å²) in [6, 6.07) is 58.1. The van der Waals surface area contributed by atoms with Gasteiger partial charge in [-0.1, -0.05) is 137 Å². The van der Waals surface area contributed by atoms with Crippen LogP contribution in [0.4, 0.5) is 34.1 Å². The van der Waals surface area contributed by atoms with E-state index in [0.29, 0.717) is 0 Å². The number of nitrogens with zero attached hydrogens (tertiary/aromatic N) is 2. The van der Waals surface area contributed by atoms with Crippen LogP contribution in [0.15, 0.2) is 167 Å². The molecule has 10 aromatic carbocycles. The molecule has 66 heavy (non-hydrogen) atoms. The van der Waals surface area contributed by atoms with E-state index in [9.17, 15) is 0 Å². The molecule has 0 bridgehead atoms. The maximum absolute atomic E-state index is 6.86. The lowest BCUT2D eigenvalue weighted by Gasteiger charge is -2.32. The Morgan fingerprint density at radius 3 is 1.15 bits per heavy atom. The summed E-state index contributed by atoms with van der Waals surface area (Å²) in [5.41, 5.74) is 17.5. The van der Waals surface area contributed by atoms with Crippen molar-refractivity contribution in [3.8, 4) is 0 Å². The number of anilines is 6. The lowest BCUT2D eigenvalue weighted by atomic mass is 9.84. The molecule has 0 aliphatic carbocycles. The Labute approximate surface area is 385 Å². The predicted octanol–water partition coefficient (Wildman–Crippen LogP) is 18.8. The van der Waals surface area contributed by atoms with Crippen molar-refractivity contribution in [1.29, 1.82) is 0 Å². The van der Waals surface area contributed by atoms with Gasteiger partial charge in [-0.15, -0.1) is 0 Å². The second-order valence-electron chi connectivity index (χ2n) is 19.1. The summed E-state index contributed by atoms with van der Waals surface area (Å²) in [5, 5.41) is 12.0. The third kappa shape index (κ3) is 5.97. The van der Waals surface area contributed by atoms with Gasteiger partial charge in [0.05, 0.1) is 22.7 Å². The summed E-state index contributed by atoms with van der Waals surface area (Å²) < 4.78 is 13.7. The molecule has 0 atom stereocenters.